The van der Waals surface area contributed by atoms with Crippen LogP contribution in [0.1, 0.15) is 21.6 Å². The van der Waals surface area contributed by atoms with E-state index < -0.39 is 0 Å². The highest BCUT2D eigenvalue weighted by molar-refractivity contribution is 9.10. The van der Waals surface area contributed by atoms with E-state index in [1.54, 1.807) is 6.20 Å². The second-order valence-corrected chi connectivity index (χ2v) is 4.70. The van der Waals surface area contributed by atoms with Gasteiger partial charge in [-0.25, -0.2) is 0 Å². The van der Waals surface area contributed by atoms with E-state index in [1.807, 2.05) is 32.0 Å². The van der Waals surface area contributed by atoms with Crippen LogP contribution in [0.25, 0.3) is 0 Å². The van der Waals surface area contributed by atoms with Gasteiger partial charge in [0.25, 0.3) is 5.91 Å². The number of aromatic nitrogens is 2. The lowest BCUT2D eigenvalue weighted by Gasteiger charge is -2.06. The molecule has 0 radical (unpaired) electrons. The minimum absolute atomic E-state index is 0.184. The fourth-order valence-electron chi connectivity index (χ4n) is 1.44. The quantitative estimate of drug-likeness (QED) is 0.894. The standard InChI is InChI=1S/C12H12BrN3O/c1-7-3-4-9(5-10(7)13)15-12(17)11-8(2)6-14-16-11/h3-6H,1-2H3,(H,14,16)(H,15,17). The molecule has 4 nitrogen and oxygen atoms in total. The van der Waals surface area contributed by atoms with Gasteiger partial charge in [-0.05, 0) is 37.1 Å². The summed E-state index contributed by atoms with van der Waals surface area (Å²) in [5.41, 5.74) is 3.19. The zero-order valence-electron chi connectivity index (χ0n) is 9.54. The minimum atomic E-state index is -0.184. The number of halogens is 1. The largest absolute Gasteiger partial charge is 0.321 e. The molecule has 88 valence electrons. The van der Waals surface area contributed by atoms with Gasteiger partial charge in [-0.2, -0.15) is 5.10 Å². The number of carbonyl (C=O) groups excluding carboxylic acids is 1. The molecule has 2 rings (SSSR count). The Labute approximate surface area is 108 Å². The van der Waals surface area contributed by atoms with Crippen molar-refractivity contribution < 1.29 is 4.79 Å². The third-order valence-electron chi connectivity index (χ3n) is 2.49. The Morgan fingerprint density at radius 3 is 2.71 bits per heavy atom. The van der Waals surface area contributed by atoms with Crippen molar-refractivity contribution in [2.45, 2.75) is 13.8 Å². The molecule has 2 aromatic rings. The molecule has 0 atom stereocenters. The van der Waals surface area contributed by atoms with Crippen molar-refractivity contribution in [1.29, 1.82) is 0 Å². The normalized spacial score (nSPS) is 10.3. The number of aromatic amines is 1. The number of H-pyrrole nitrogens is 1. The predicted octanol–water partition coefficient (Wildman–Crippen LogP) is 3.04. The smallest absolute Gasteiger partial charge is 0.273 e. The summed E-state index contributed by atoms with van der Waals surface area (Å²) in [6.45, 7) is 3.83. The summed E-state index contributed by atoms with van der Waals surface area (Å²) in [6.07, 6.45) is 1.62. The van der Waals surface area contributed by atoms with Gasteiger partial charge in [0, 0.05) is 10.2 Å². The first-order chi connectivity index (χ1) is 8.08. The second-order valence-electron chi connectivity index (χ2n) is 3.85. The highest BCUT2D eigenvalue weighted by Gasteiger charge is 2.11. The summed E-state index contributed by atoms with van der Waals surface area (Å²) in [5.74, 6) is -0.184. The Morgan fingerprint density at radius 1 is 1.35 bits per heavy atom. The molecule has 0 aliphatic carbocycles. The number of nitrogens with one attached hydrogen (secondary N) is 2. The summed E-state index contributed by atoms with van der Waals surface area (Å²) >= 11 is 3.43. The van der Waals surface area contributed by atoms with E-state index in [4.69, 9.17) is 0 Å². The maximum atomic E-state index is 11.9. The monoisotopic (exact) mass is 293 g/mol. The molecule has 0 aliphatic rings. The van der Waals surface area contributed by atoms with E-state index in [9.17, 15) is 4.79 Å². The van der Waals surface area contributed by atoms with Gasteiger partial charge in [0.05, 0.1) is 6.20 Å². The summed E-state index contributed by atoms with van der Waals surface area (Å²) in [6, 6.07) is 5.68. The molecule has 1 aromatic carbocycles. The SMILES string of the molecule is Cc1ccc(NC(=O)c2[nH]ncc2C)cc1Br. The molecule has 0 saturated carbocycles. The van der Waals surface area contributed by atoms with Gasteiger partial charge in [0.1, 0.15) is 5.69 Å². The van der Waals surface area contributed by atoms with Crippen molar-refractivity contribution in [3.05, 3.63) is 45.7 Å². The van der Waals surface area contributed by atoms with E-state index >= 15 is 0 Å². The molecule has 0 spiro atoms. The van der Waals surface area contributed by atoms with E-state index in [0.717, 1.165) is 21.3 Å². The molecule has 0 fully saturated rings. The van der Waals surface area contributed by atoms with Gasteiger partial charge in [0.2, 0.25) is 0 Å². The van der Waals surface area contributed by atoms with Crippen molar-refractivity contribution in [3.63, 3.8) is 0 Å². The van der Waals surface area contributed by atoms with Crippen molar-refractivity contribution in [1.82, 2.24) is 10.2 Å². The molecule has 5 heteroatoms. The van der Waals surface area contributed by atoms with Crippen LogP contribution >= 0.6 is 15.9 Å². The van der Waals surface area contributed by atoms with E-state index in [0.29, 0.717) is 5.69 Å². The van der Waals surface area contributed by atoms with Crippen LogP contribution < -0.4 is 5.32 Å². The maximum absolute atomic E-state index is 11.9. The summed E-state index contributed by atoms with van der Waals surface area (Å²) in [4.78, 5) is 11.9. The van der Waals surface area contributed by atoms with Crippen LogP contribution in [0.15, 0.2) is 28.9 Å². The molecule has 1 aromatic heterocycles. The fraction of sp³-hybridized carbons (Fsp3) is 0.167. The zero-order chi connectivity index (χ0) is 12.4. The molecular weight excluding hydrogens is 282 g/mol. The molecule has 2 N–H and O–H groups in total. The average Bonchev–Trinajstić information content (AvgIpc) is 2.70. The molecule has 17 heavy (non-hydrogen) atoms. The van der Waals surface area contributed by atoms with Gasteiger partial charge >= 0.3 is 0 Å². The molecule has 1 heterocycles. The first-order valence-corrected chi connectivity index (χ1v) is 5.94. The maximum Gasteiger partial charge on any atom is 0.273 e. The number of anilines is 1. The highest BCUT2D eigenvalue weighted by Crippen LogP contribution is 2.21. The van der Waals surface area contributed by atoms with E-state index in [1.165, 1.54) is 0 Å². The number of nitrogens with zero attached hydrogens (tertiary/aromatic N) is 1. The van der Waals surface area contributed by atoms with Crippen LogP contribution in [0.3, 0.4) is 0 Å². The first kappa shape index (κ1) is 11.9. The minimum Gasteiger partial charge on any atom is -0.321 e. The topological polar surface area (TPSA) is 57.8 Å². The molecule has 0 bridgehead atoms. The van der Waals surface area contributed by atoms with Crippen molar-refractivity contribution in [3.8, 4) is 0 Å². The summed E-state index contributed by atoms with van der Waals surface area (Å²) in [5, 5.41) is 9.31. The molecular formula is C12H12BrN3O. The fourth-order valence-corrected chi connectivity index (χ4v) is 1.82. The summed E-state index contributed by atoms with van der Waals surface area (Å²) in [7, 11) is 0. The van der Waals surface area contributed by atoms with Crippen LogP contribution in [0.5, 0.6) is 0 Å². The van der Waals surface area contributed by atoms with Gasteiger partial charge in [0.15, 0.2) is 0 Å². The van der Waals surface area contributed by atoms with E-state index in [2.05, 4.69) is 31.4 Å². The number of amides is 1. The van der Waals surface area contributed by atoms with Gasteiger partial charge in [-0.15, -0.1) is 0 Å². The predicted molar refractivity (Wildman–Crippen MR) is 70.2 cm³/mol. The van der Waals surface area contributed by atoms with Gasteiger partial charge < -0.3 is 5.32 Å². The number of rotatable bonds is 2. The molecule has 0 unspecified atom stereocenters. The zero-order valence-corrected chi connectivity index (χ0v) is 11.1. The Kier molecular flexibility index (Phi) is 3.28. The number of hydrogen-bond acceptors (Lipinski definition) is 2. The molecule has 0 saturated heterocycles. The van der Waals surface area contributed by atoms with Crippen LogP contribution in [0.2, 0.25) is 0 Å². The third-order valence-corrected chi connectivity index (χ3v) is 3.34. The first-order valence-electron chi connectivity index (χ1n) is 5.15. The Morgan fingerprint density at radius 2 is 2.12 bits per heavy atom. The molecule has 1 amide bonds. The molecule has 0 aliphatic heterocycles. The van der Waals surface area contributed by atoms with Crippen LogP contribution in [0, 0.1) is 13.8 Å². The van der Waals surface area contributed by atoms with Crippen molar-refractivity contribution in [2.24, 2.45) is 0 Å². The van der Waals surface area contributed by atoms with Crippen LogP contribution in [-0.2, 0) is 0 Å². The Balaban J connectivity index is 2.19. The van der Waals surface area contributed by atoms with Crippen molar-refractivity contribution >= 4 is 27.5 Å². The van der Waals surface area contributed by atoms with E-state index in [-0.39, 0.29) is 5.91 Å². The number of carbonyl (C=O) groups is 1. The van der Waals surface area contributed by atoms with Gasteiger partial charge in [-0.1, -0.05) is 22.0 Å². The Bertz CT molecular complexity index is 563. The number of benzene rings is 1. The van der Waals surface area contributed by atoms with Crippen LogP contribution in [0.4, 0.5) is 5.69 Å². The van der Waals surface area contributed by atoms with Crippen molar-refractivity contribution in [2.75, 3.05) is 5.32 Å². The second kappa shape index (κ2) is 4.71. The highest BCUT2D eigenvalue weighted by atomic mass is 79.9. The van der Waals surface area contributed by atoms with Crippen LogP contribution in [-0.4, -0.2) is 16.1 Å². The summed E-state index contributed by atoms with van der Waals surface area (Å²) < 4.78 is 0.969. The lowest BCUT2D eigenvalue weighted by molar-refractivity contribution is 0.102. The average molecular weight is 294 g/mol. The lowest BCUT2D eigenvalue weighted by Crippen LogP contribution is -2.13. The Hall–Kier alpha value is -1.62. The third kappa shape index (κ3) is 2.55. The lowest BCUT2D eigenvalue weighted by atomic mass is 10.2. The number of hydrogen-bond donors (Lipinski definition) is 2. The number of aryl methyl sites for hydroxylation is 2. The van der Waals surface area contributed by atoms with Gasteiger partial charge in [-0.3, -0.25) is 9.89 Å².